The molecule has 0 amide bonds. The van der Waals surface area contributed by atoms with E-state index in [0.717, 1.165) is 58.2 Å². The van der Waals surface area contributed by atoms with Crippen LogP contribution < -0.4 is 0 Å². The summed E-state index contributed by atoms with van der Waals surface area (Å²) in [5.41, 5.74) is 4.12. The van der Waals surface area contributed by atoms with Crippen LogP contribution in [0.15, 0.2) is 35.0 Å². The molecule has 3 aromatic rings. The number of allylic oxidation sites excluding steroid dienone is 4. The minimum Gasteiger partial charge on any atom is -0.304 e. The van der Waals surface area contributed by atoms with Crippen LogP contribution in [0.4, 0.5) is 0 Å². The van der Waals surface area contributed by atoms with Gasteiger partial charge >= 0.3 is 0 Å². The molecule has 7 heteroatoms. The van der Waals surface area contributed by atoms with Crippen molar-refractivity contribution in [3.8, 4) is 11.4 Å². The Labute approximate surface area is 156 Å². The lowest BCUT2D eigenvalue weighted by atomic mass is 9.87. The molecular formula is C19H19ClN6. The van der Waals surface area contributed by atoms with Gasteiger partial charge in [0.1, 0.15) is 5.82 Å². The van der Waals surface area contributed by atoms with E-state index in [2.05, 4.69) is 49.0 Å². The zero-order chi connectivity index (χ0) is 17.8. The lowest BCUT2D eigenvalue weighted by Gasteiger charge is -2.26. The summed E-state index contributed by atoms with van der Waals surface area (Å²) in [5, 5.41) is 18.1. The molecule has 5 rings (SSSR count). The highest BCUT2D eigenvalue weighted by Gasteiger charge is 2.33. The van der Waals surface area contributed by atoms with Crippen molar-refractivity contribution in [1.29, 1.82) is 0 Å². The van der Waals surface area contributed by atoms with Crippen molar-refractivity contribution in [2.24, 2.45) is 5.92 Å². The third-order valence-electron chi connectivity index (χ3n) is 5.50. The highest BCUT2D eigenvalue weighted by Crippen LogP contribution is 2.41. The van der Waals surface area contributed by atoms with E-state index in [0.29, 0.717) is 5.92 Å². The van der Waals surface area contributed by atoms with Crippen LogP contribution in [0.25, 0.3) is 22.4 Å². The van der Waals surface area contributed by atoms with E-state index in [1.807, 2.05) is 19.2 Å². The summed E-state index contributed by atoms with van der Waals surface area (Å²) < 4.78 is 2.29. The molecule has 0 spiro atoms. The maximum Gasteiger partial charge on any atom is 0.166 e. The summed E-state index contributed by atoms with van der Waals surface area (Å²) in [6, 6.07) is 2.38. The van der Waals surface area contributed by atoms with Gasteiger partial charge in [0.05, 0.1) is 11.7 Å². The largest absolute Gasteiger partial charge is 0.304 e. The van der Waals surface area contributed by atoms with E-state index in [1.54, 1.807) is 0 Å². The third kappa shape index (κ3) is 2.32. The van der Waals surface area contributed by atoms with Crippen LogP contribution in [0.5, 0.6) is 0 Å². The topological polar surface area (TPSA) is 72.3 Å². The number of nitrogens with zero attached hydrogens (tertiary/aromatic N) is 5. The molecule has 0 radical (unpaired) electrons. The molecule has 2 atom stereocenters. The fourth-order valence-electron chi connectivity index (χ4n) is 4.15. The van der Waals surface area contributed by atoms with Gasteiger partial charge in [0, 0.05) is 28.6 Å². The first-order valence-corrected chi connectivity index (χ1v) is 9.30. The third-order valence-corrected chi connectivity index (χ3v) is 5.78. The predicted molar refractivity (Wildman–Crippen MR) is 101 cm³/mol. The molecular weight excluding hydrogens is 348 g/mol. The first-order valence-electron chi connectivity index (χ1n) is 8.93. The molecule has 26 heavy (non-hydrogen) atoms. The molecule has 2 aliphatic rings. The Hall–Kier alpha value is -2.47. The average molecular weight is 367 g/mol. The number of hydrogen-bond donors (Lipinski definition) is 1. The fraction of sp³-hybridized carbons (Fsp3) is 0.368. The molecule has 0 saturated heterocycles. The van der Waals surface area contributed by atoms with Crippen molar-refractivity contribution in [2.75, 3.05) is 0 Å². The Morgan fingerprint density at radius 1 is 1.27 bits per heavy atom. The standard InChI is InChI=1S/C19H19ClN6/c1-10-7-13(20)3-4-14(10)16-5-6-17-23-25-19(26(16)17)12-8-15-11(2)22-24-18(15)21-9-12/h3-4,8-10,16H,5-7H2,1-2H3,(H,21,22,24)/t10?,16-/m0/s1. The van der Waals surface area contributed by atoms with Crippen LogP contribution in [0.3, 0.4) is 0 Å². The molecule has 0 fully saturated rings. The number of aromatic nitrogens is 6. The smallest absolute Gasteiger partial charge is 0.166 e. The lowest BCUT2D eigenvalue weighted by Crippen LogP contribution is -2.16. The number of hydrogen-bond acceptors (Lipinski definition) is 4. The molecule has 1 unspecified atom stereocenters. The maximum absolute atomic E-state index is 6.22. The summed E-state index contributed by atoms with van der Waals surface area (Å²) >= 11 is 6.22. The summed E-state index contributed by atoms with van der Waals surface area (Å²) in [6.07, 6.45) is 8.96. The maximum atomic E-state index is 6.22. The monoisotopic (exact) mass is 366 g/mol. The van der Waals surface area contributed by atoms with E-state index < -0.39 is 0 Å². The van der Waals surface area contributed by atoms with Gasteiger partial charge in [-0.15, -0.1) is 10.2 Å². The summed E-state index contributed by atoms with van der Waals surface area (Å²) in [6.45, 7) is 4.22. The van der Waals surface area contributed by atoms with Crippen LogP contribution in [-0.4, -0.2) is 29.9 Å². The molecule has 132 valence electrons. The summed E-state index contributed by atoms with van der Waals surface area (Å²) in [5.74, 6) is 2.35. The fourth-order valence-corrected chi connectivity index (χ4v) is 4.44. The van der Waals surface area contributed by atoms with Crippen molar-refractivity contribution in [2.45, 2.75) is 39.2 Å². The molecule has 1 aliphatic heterocycles. The van der Waals surface area contributed by atoms with E-state index in [4.69, 9.17) is 11.6 Å². The number of aromatic amines is 1. The Morgan fingerprint density at radius 2 is 2.15 bits per heavy atom. The molecule has 0 aromatic carbocycles. The van der Waals surface area contributed by atoms with Gasteiger partial charge in [-0.2, -0.15) is 5.10 Å². The number of rotatable bonds is 2. The van der Waals surface area contributed by atoms with E-state index >= 15 is 0 Å². The van der Waals surface area contributed by atoms with Gasteiger partial charge in [0.15, 0.2) is 11.5 Å². The molecule has 4 heterocycles. The Bertz CT molecular complexity index is 1070. The molecule has 0 saturated carbocycles. The van der Waals surface area contributed by atoms with Gasteiger partial charge < -0.3 is 4.57 Å². The second kappa shape index (κ2) is 5.77. The Balaban J connectivity index is 1.62. The first-order chi connectivity index (χ1) is 12.6. The quantitative estimate of drug-likeness (QED) is 0.741. The zero-order valence-corrected chi connectivity index (χ0v) is 15.5. The highest BCUT2D eigenvalue weighted by molar-refractivity contribution is 6.29. The van der Waals surface area contributed by atoms with Crippen LogP contribution in [0, 0.1) is 12.8 Å². The molecule has 1 aliphatic carbocycles. The van der Waals surface area contributed by atoms with Crippen LogP contribution in [0.2, 0.25) is 0 Å². The lowest BCUT2D eigenvalue weighted by molar-refractivity contribution is 0.517. The Morgan fingerprint density at radius 3 is 3.00 bits per heavy atom. The number of halogens is 1. The first kappa shape index (κ1) is 15.8. The van der Waals surface area contributed by atoms with E-state index in [-0.39, 0.29) is 6.04 Å². The minimum absolute atomic E-state index is 0.284. The molecule has 6 nitrogen and oxygen atoms in total. The van der Waals surface area contributed by atoms with Crippen molar-refractivity contribution in [3.63, 3.8) is 0 Å². The van der Waals surface area contributed by atoms with Crippen molar-refractivity contribution in [3.05, 3.63) is 46.5 Å². The van der Waals surface area contributed by atoms with E-state index in [9.17, 15) is 0 Å². The summed E-state index contributed by atoms with van der Waals surface area (Å²) in [7, 11) is 0. The molecule has 1 N–H and O–H groups in total. The average Bonchev–Trinajstić information content (AvgIpc) is 3.31. The zero-order valence-electron chi connectivity index (χ0n) is 14.7. The molecule has 3 aromatic heterocycles. The van der Waals surface area contributed by atoms with Gasteiger partial charge in [0.2, 0.25) is 0 Å². The van der Waals surface area contributed by atoms with Crippen LogP contribution >= 0.6 is 11.6 Å². The van der Waals surface area contributed by atoms with Crippen molar-refractivity contribution in [1.82, 2.24) is 29.9 Å². The van der Waals surface area contributed by atoms with E-state index in [1.165, 1.54) is 5.57 Å². The number of H-pyrrole nitrogens is 1. The highest BCUT2D eigenvalue weighted by atomic mass is 35.5. The number of aryl methyl sites for hydroxylation is 2. The SMILES string of the molecule is Cc1n[nH]c2ncc(-c3nnc4n3[C@H](C3=CC=C(Cl)CC3C)CC4)cc12. The van der Waals surface area contributed by atoms with Gasteiger partial charge in [-0.3, -0.25) is 5.10 Å². The number of fused-ring (bicyclic) bond motifs is 2. The molecule has 0 bridgehead atoms. The van der Waals surface area contributed by atoms with Gasteiger partial charge in [0.25, 0.3) is 0 Å². The Kier molecular flexibility index (Phi) is 3.50. The second-order valence-corrected chi connectivity index (χ2v) is 7.66. The summed E-state index contributed by atoms with van der Waals surface area (Å²) in [4.78, 5) is 4.51. The minimum atomic E-state index is 0.284. The number of pyridine rings is 1. The number of nitrogens with one attached hydrogen (secondary N) is 1. The second-order valence-electron chi connectivity index (χ2n) is 7.18. The predicted octanol–water partition coefficient (Wildman–Crippen LogP) is 4.10. The van der Waals surface area contributed by atoms with Crippen molar-refractivity contribution >= 4 is 22.6 Å². The normalized spacial score (nSPS) is 22.4. The van der Waals surface area contributed by atoms with Crippen LogP contribution in [-0.2, 0) is 6.42 Å². The van der Waals surface area contributed by atoms with Gasteiger partial charge in [-0.25, -0.2) is 4.98 Å². The van der Waals surface area contributed by atoms with Gasteiger partial charge in [-0.1, -0.05) is 24.6 Å². The van der Waals surface area contributed by atoms with Gasteiger partial charge in [-0.05, 0) is 43.4 Å². The van der Waals surface area contributed by atoms with Crippen LogP contribution in [0.1, 0.15) is 37.3 Å². The van der Waals surface area contributed by atoms with Crippen molar-refractivity contribution < 1.29 is 0 Å².